The molecule has 4 nitrogen and oxygen atoms in total. The topological polar surface area (TPSA) is 55.4 Å². The van der Waals surface area contributed by atoms with Gasteiger partial charge in [-0.05, 0) is 29.9 Å². The molecule has 1 saturated carbocycles. The summed E-state index contributed by atoms with van der Waals surface area (Å²) in [6, 6.07) is 20.3. The Hall–Kier alpha value is -2.62. The zero-order valence-corrected chi connectivity index (χ0v) is 16.5. The molecule has 0 spiro atoms. The van der Waals surface area contributed by atoms with E-state index in [4.69, 9.17) is 4.74 Å². The summed E-state index contributed by atoms with van der Waals surface area (Å²) in [6.45, 7) is 0.537. The third-order valence-electron chi connectivity index (χ3n) is 5.77. The minimum absolute atomic E-state index is 0.0187. The van der Waals surface area contributed by atoms with Gasteiger partial charge in [0.1, 0.15) is 0 Å². The van der Waals surface area contributed by atoms with E-state index in [1.807, 2.05) is 36.4 Å². The molecule has 0 aliphatic heterocycles. The quantitative estimate of drug-likeness (QED) is 0.730. The summed E-state index contributed by atoms with van der Waals surface area (Å²) in [6.07, 6.45) is 4.35. The van der Waals surface area contributed by atoms with Crippen LogP contribution in [0.5, 0.6) is 0 Å². The third-order valence-corrected chi connectivity index (χ3v) is 5.77. The molecule has 1 aliphatic rings. The number of hydrogen-bond acceptors (Lipinski definition) is 3. The molecule has 2 aromatic carbocycles. The van der Waals surface area contributed by atoms with Crippen LogP contribution in [0.2, 0.25) is 0 Å². The molecule has 4 heteroatoms. The number of rotatable bonds is 7. The van der Waals surface area contributed by atoms with Crippen LogP contribution >= 0.6 is 0 Å². The number of esters is 1. The van der Waals surface area contributed by atoms with Crippen LogP contribution in [0.1, 0.15) is 49.1 Å². The minimum atomic E-state index is -0.148. The Balaban J connectivity index is 1.65. The summed E-state index contributed by atoms with van der Waals surface area (Å²) in [5, 5.41) is 3.08. The molecule has 148 valence electrons. The average Bonchev–Trinajstić information content (AvgIpc) is 2.77. The molecule has 1 N–H and O–H groups in total. The standard InChI is InChI=1S/C24H29NO3/c1-28-24(27)21-15-9-8-14-20(21)17-25-23(26)16-22(18-10-4-2-5-11-18)19-12-6-3-7-13-19/h2-7,10-13,20-22H,8-9,14-17H2,1H3,(H,25,26). The van der Waals surface area contributed by atoms with Crippen LogP contribution in [-0.4, -0.2) is 25.5 Å². The van der Waals surface area contributed by atoms with Crippen LogP contribution in [0.4, 0.5) is 0 Å². The smallest absolute Gasteiger partial charge is 0.309 e. The van der Waals surface area contributed by atoms with Gasteiger partial charge in [0, 0.05) is 18.9 Å². The Kier molecular flexibility index (Phi) is 7.24. The summed E-state index contributed by atoms with van der Waals surface area (Å²) in [5.74, 6) is -0.0439. The molecule has 0 bridgehead atoms. The average molecular weight is 380 g/mol. The monoisotopic (exact) mass is 379 g/mol. The van der Waals surface area contributed by atoms with Crippen molar-refractivity contribution < 1.29 is 14.3 Å². The van der Waals surface area contributed by atoms with Crippen LogP contribution < -0.4 is 5.32 Å². The molecular formula is C24H29NO3. The number of ether oxygens (including phenoxy) is 1. The van der Waals surface area contributed by atoms with Gasteiger partial charge >= 0.3 is 5.97 Å². The largest absolute Gasteiger partial charge is 0.469 e. The number of carbonyl (C=O) groups is 2. The van der Waals surface area contributed by atoms with E-state index in [2.05, 4.69) is 29.6 Å². The fourth-order valence-corrected chi connectivity index (χ4v) is 4.22. The molecule has 1 amide bonds. The van der Waals surface area contributed by atoms with Crippen LogP contribution in [0.25, 0.3) is 0 Å². The van der Waals surface area contributed by atoms with E-state index in [0.29, 0.717) is 13.0 Å². The van der Waals surface area contributed by atoms with Gasteiger partial charge in [-0.25, -0.2) is 0 Å². The summed E-state index contributed by atoms with van der Waals surface area (Å²) in [5.41, 5.74) is 2.27. The van der Waals surface area contributed by atoms with E-state index in [-0.39, 0.29) is 29.6 Å². The molecule has 2 unspecified atom stereocenters. The molecule has 0 saturated heterocycles. The highest BCUT2D eigenvalue weighted by atomic mass is 16.5. The lowest BCUT2D eigenvalue weighted by Gasteiger charge is -2.29. The lowest BCUT2D eigenvalue weighted by molar-refractivity contribution is -0.148. The number of amides is 1. The predicted octanol–water partition coefficient (Wildman–Crippen LogP) is 4.30. The van der Waals surface area contributed by atoms with Crippen molar-refractivity contribution in [3.8, 4) is 0 Å². The van der Waals surface area contributed by atoms with Gasteiger partial charge in [-0.2, -0.15) is 0 Å². The Labute approximate surface area is 167 Å². The van der Waals surface area contributed by atoms with Crippen LogP contribution in [0.3, 0.4) is 0 Å². The summed E-state index contributed by atoms with van der Waals surface area (Å²) < 4.78 is 4.96. The first-order chi connectivity index (χ1) is 13.7. The number of methoxy groups -OCH3 is 1. The molecule has 0 heterocycles. The van der Waals surface area contributed by atoms with Gasteiger partial charge in [0.2, 0.25) is 5.91 Å². The van der Waals surface area contributed by atoms with Crippen molar-refractivity contribution in [1.82, 2.24) is 5.32 Å². The van der Waals surface area contributed by atoms with E-state index in [9.17, 15) is 9.59 Å². The molecule has 0 aromatic heterocycles. The second-order valence-electron chi connectivity index (χ2n) is 7.56. The van der Waals surface area contributed by atoms with Gasteiger partial charge in [0.15, 0.2) is 0 Å². The van der Waals surface area contributed by atoms with Crippen molar-refractivity contribution >= 4 is 11.9 Å². The number of hydrogen-bond donors (Lipinski definition) is 1. The molecule has 0 radical (unpaired) electrons. The summed E-state index contributed by atoms with van der Waals surface area (Å²) in [7, 11) is 1.44. The van der Waals surface area contributed by atoms with Gasteiger partial charge in [0.05, 0.1) is 13.0 Å². The maximum atomic E-state index is 12.8. The van der Waals surface area contributed by atoms with Crippen LogP contribution in [0.15, 0.2) is 60.7 Å². The van der Waals surface area contributed by atoms with Crippen molar-refractivity contribution in [2.75, 3.05) is 13.7 Å². The van der Waals surface area contributed by atoms with E-state index in [1.54, 1.807) is 0 Å². The maximum Gasteiger partial charge on any atom is 0.309 e. The van der Waals surface area contributed by atoms with Crippen molar-refractivity contribution in [3.05, 3.63) is 71.8 Å². The fourth-order valence-electron chi connectivity index (χ4n) is 4.22. The normalized spacial score (nSPS) is 19.2. The highest BCUT2D eigenvalue weighted by Gasteiger charge is 2.32. The Morgan fingerprint density at radius 2 is 1.54 bits per heavy atom. The molecule has 1 fully saturated rings. The van der Waals surface area contributed by atoms with E-state index in [0.717, 1.165) is 36.8 Å². The molecular weight excluding hydrogens is 350 g/mol. The Morgan fingerprint density at radius 3 is 2.11 bits per heavy atom. The minimum Gasteiger partial charge on any atom is -0.469 e. The zero-order chi connectivity index (χ0) is 19.8. The Bertz CT molecular complexity index is 720. The maximum absolute atomic E-state index is 12.8. The van der Waals surface area contributed by atoms with Gasteiger partial charge in [-0.3, -0.25) is 9.59 Å². The van der Waals surface area contributed by atoms with Crippen LogP contribution in [0, 0.1) is 11.8 Å². The molecule has 2 aromatic rings. The lowest BCUT2D eigenvalue weighted by atomic mass is 9.79. The SMILES string of the molecule is COC(=O)C1CCCCC1CNC(=O)CC(c1ccccc1)c1ccccc1. The van der Waals surface area contributed by atoms with Crippen molar-refractivity contribution in [2.24, 2.45) is 11.8 Å². The molecule has 2 atom stereocenters. The van der Waals surface area contributed by atoms with Gasteiger partial charge in [-0.15, -0.1) is 0 Å². The van der Waals surface area contributed by atoms with Gasteiger partial charge < -0.3 is 10.1 Å². The highest BCUT2D eigenvalue weighted by molar-refractivity contribution is 5.78. The van der Waals surface area contributed by atoms with Crippen molar-refractivity contribution in [1.29, 1.82) is 0 Å². The first-order valence-electron chi connectivity index (χ1n) is 10.1. The van der Waals surface area contributed by atoms with Crippen molar-refractivity contribution in [3.63, 3.8) is 0 Å². The Morgan fingerprint density at radius 1 is 0.964 bits per heavy atom. The van der Waals surface area contributed by atoms with Gasteiger partial charge in [0.25, 0.3) is 0 Å². The number of carbonyl (C=O) groups excluding carboxylic acids is 2. The van der Waals surface area contributed by atoms with E-state index >= 15 is 0 Å². The lowest BCUT2D eigenvalue weighted by Crippen LogP contribution is -2.38. The fraction of sp³-hybridized carbons (Fsp3) is 0.417. The van der Waals surface area contributed by atoms with Crippen molar-refractivity contribution in [2.45, 2.75) is 38.0 Å². The first kappa shape index (κ1) is 20.1. The summed E-state index contributed by atoms with van der Waals surface area (Å²) >= 11 is 0. The second-order valence-corrected chi connectivity index (χ2v) is 7.56. The molecule has 3 rings (SSSR count). The molecule has 28 heavy (non-hydrogen) atoms. The van der Waals surface area contributed by atoms with Crippen LogP contribution in [-0.2, 0) is 14.3 Å². The predicted molar refractivity (Wildman–Crippen MR) is 110 cm³/mol. The summed E-state index contributed by atoms with van der Waals surface area (Å²) in [4.78, 5) is 24.8. The van der Waals surface area contributed by atoms with Gasteiger partial charge in [-0.1, -0.05) is 73.5 Å². The third kappa shape index (κ3) is 5.22. The first-order valence-corrected chi connectivity index (χ1v) is 10.1. The van der Waals surface area contributed by atoms with E-state index < -0.39 is 0 Å². The number of nitrogens with one attached hydrogen (secondary N) is 1. The highest BCUT2D eigenvalue weighted by Crippen LogP contribution is 2.31. The zero-order valence-electron chi connectivity index (χ0n) is 16.5. The molecule has 1 aliphatic carbocycles. The second kappa shape index (κ2) is 10.1. The number of benzene rings is 2. The van der Waals surface area contributed by atoms with E-state index in [1.165, 1.54) is 7.11 Å².